The highest BCUT2D eigenvalue weighted by atomic mass is 79.9. The molecule has 1 aromatic rings. The molecule has 0 unspecified atom stereocenters. The second-order valence-corrected chi connectivity index (χ2v) is 4.31. The van der Waals surface area contributed by atoms with Gasteiger partial charge in [-0.05, 0) is 37.9 Å². The van der Waals surface area contributed by atoms with E-state index in [1.165, 1.54) is 0 Å². The van der Waals surface area contributed by atoms with Crippen molar-refractivity contribution in [3.63, 3.8) is 0 Å². The number of phenolic OH excluding ortho intramolecular Hbond substituents is 1. The quantitative estimate of drug-likeness (QED) is 0.501. The van der Waals surface area contributed by atoms with Crippen LogP contribution in [0.4, 0.5) is 5.69 Å². The summed E-state index contributed by atoms with van der Waals surface area (Å²) >= 11 is 5.82. The van der Waals surface area contributed by atoms with Crippen molar-refractivity contribution in [2.75, 3.05) is 7.11 Å². The number of rotatable bonds is 2. The molecule has 8 heteroatoms. The highest BCUT2D eigenvalue weighted by Gasteiger charge is 2.28. The van der Waals surface area contributed by atoms with Crippen molar-refractivity contribution in [3.8, 4) is 5.75 Å². The summed E-state index contributed by atoms with van der Waals surface area (Å²) in [5, 5.41) is 20.2. The van der Waals surface area contributed by atoms with Crippen molar-refractivity contribution in [2.45, 2.75) is 0 Å². The summed E-state index contributed by atoms with van der Waals surface area (Å²) in [4.78, 5) is 21.3. The summed E-state index contributed by atoms with van der Waals surface area (Å²) in [6, 6.07) is 1.13. The van der Waals surface area contributed by atoms with E-state index in [4.69, 9.17) is 0 Å². The van der Waals surface area contributed by atoms with E-state index in [0.717, 1.165) is 13.2 Å². The third-order valence-corrected chi connectivity index (χ3v) is 3.11. The minimum absolute atomic E-state index is 0.158. The molecule has 0 aliphatic heterocycles. The number of hydrogen-bond acceptors (Lipinski definition) is 5. The Morgan fingerprint density at radius 3 is 2.56 bits per heavy atom. The Bertz CT molecular complexity index is 474. The van der Waals surface area contributed by atoms with Gasteiger partial charge in [0.1, 0.15) is 10.0 Å². The number of ether oxygens (including phenoxy) is 1. The Morgan fingerprint density at radius 1 is 1.56 bits per heavy atom. The summed E-state index contributed by atoms with van der Waals surface area (Å²) in [5.74, 6) is -1.20. The molecule has 0 heterocycles. The van der Waals surface area contributed by atoms with E-state index in [2.05, 4.69) is 36.6 Å². The van der Waals surface area contributed by atoms with Crippen LogP contribution < -0.4 is 0 Å². The van der Waals surface area contributed by atoms with Crippen molar-refractivity contribution < 1.29 is 19.6 Å². The molecule has 0 saturated heterocycles. The molecule has 1 N–H and O–H groups in total. The number of hydrogen-bond donors (Lipinski definition) is 1. The van der Waals surface area contributed by atoms with E-state index in [9.17, 15) is 20.0 Å². The number of methoxy groups -OCH3 is 1. The fraction of sp³-hybridized carbons (Fsp3) is 0.125. The number of esters is 1. The number of carbonyl (C=O) groups excluding carboxylic acids is 1. The van der Waals surface area contributed by atoms with Gasteiger partial charge in [-0.1, -0.05) is 0 Å². The van der Waals surface area contributed by atoms with Gasteiger partial charge in [-0.15, -0.1) is 0 Å². The smallest absolute Gasteiger partial charge is 0.344 e. The lowest BCUT2D eigenvalue weighted by Gasteiger charge is -2.06. The Hall–Kier alpha value is -1.15. The number of aromatic hydroxyl groups is 1. The molecule has 0 aromatic heterocycles. The molecule has 0 atom stereocenters. The van der Waals surface area contributed by atoms with Gasteiger partial charge in [0.2, 0.25) is 0 Å². The van der Waals surface area contributed by atoms with Crippen LogP contribution in [0, 0.1) is 10.1 Å². The summed E-state index contributed by atoms with van der Waals surface area (Å²) in [5.41, 5.74) is -0.781. The van der Waals surface area contributed by atoms with Crippen LogP contribution in [-0.2, 0) is 4.74 Å². The lowest BCUT2D eigenvalue weighted by molar-refractivity contribution is -0.386. The van der Waals surface area contributed by atoms with Gasteiger partial charge in [0, 0.05) is 0 Å². The van der Waals surface area contributed by atoms with E-state index in [1.807, 2.05) is 0 Å². The highest BCUT2D eigenvalue weighted by molar-refractivity contribution is 9.11. The molecular formula is C8H5Br2NO5. The van der Waals surface area contributed by atoms with E-state index < -0.39 is 16.6 Å². The second-order valence-electron chi connectivity index (χ2n) is 2.67. The Morgan fingerprint density at radius 2 is 2.12 bits per heavy atom. The predicted octanol–water partition coefficient (Wildman–Crippen LogP) is 2.61. The molecule has 0 spiro atoms. The minimum Gasteiger partial charge on any atom is -0.505 e. The monoisotopic (exact) mass is 353 g/mol. The highest BCUT2D eigenvalue weighted by Crippen LogP contribution is 2.41. The minimum atomic E-state index is -0.854. The zero-order valence-electron chi connectivity index (χ0n) is 7.86. The Kier molecular flexibility index (Phi) is 3.87. The Labute approximate surface area is 107 Å². The van der Waals surface area contributed by atoms with Crippen molar-refractivity contribution in [2.24, 2.45) is 0 Å². The average molecular weight is 355 g/mol. The zero-order valence-corrected chi connectivity index (χ0v) is 11.0. The van der Waals surface area contributed by atoms with E-state index in [-0.39, 0.29) is 20.3 Å². The number of nitrogens with zero attached hydrogens (tertiary/aromatic N) is 1. The van der Waals surface area contributed by atoms with Crippen LogP contribution in [0.25, 0.3) is 0 Å². The number of phenols is 1. The van der Waals surface area contributed by atoms with Crippen LogP contribution in [0.5, 0.6) is 5.75 Å². The van der Waals surface area contributed by atoms with Crippen LogP contribution in [0.1, 0.15) is 10.4 Å². The molecule has 0 fully saturated rings. The first kappa shape index (κ1) is 12.9. The molecule has 16 heavy (non-hydrogen) atoms. The molecule has 0 saturated carbocycles. The van der Waals surface area contributed by atoms with Gasteiger partial charge in [-0.2, -0.15) is 0 Å². The molecule has 6 nitrogen and oxygen atoms in total. The SMILES string of the molecule is COC(=O)c1cc(Br)c(O)c(Br)c1[N+](=O)[O-]. The fourth-order valence-corrected chi connectivity index (χ4v) is 2.31. The van der Waals surface area contributed by atoms with Crippen molar-refractivity contribution >= 4 is 43.5 Å². The largest absolute Gasteiger partial charge is 0.505 e. The summed E-state index contributed by atoms with van der Waals surface area (Å²) < 4.78 is 4.39. The lowest BCUT2D eigenvalue weighted by Crippen LogP contribution is -2.06. The van der Waals surface area contributed by atoms with Gasteiger partial charge >= 0.3 is 11.7 Å². The summed E-state index contributed by atoms with van der Waals surface area (Å²) in [7, 11) is 1.11. The maximum absolute atomic E-state index is 11.3. The lowest BCUT2D eigenvalue weighted by atomic mass is 10.1. The molecule has 1 aromatic carbocycles. The fourth-order valence-electron chi connectivity index (χ4n) is 1.04. The molecule has 1 rings (SSSR count). The number of carbonyl (C=O) groups is 1. The van der Waals surface area contributed by atoms with E-state index in [1.54, 1.807) is 0 Å². The molecule has 86 valence electrons. The van der Waals surface area contributed by atoms with Crippen LogP contribution in [0.2, 0.25) is 0 Å². The van der Waals surface area contributed by atoms with Crippen LogP contribution >= 0.6 is 31.9 Å². The Balaban J connectivity index is 3.60. The number of benzene rings is 1. The molecule has 0 aliphatic rings. The zero-order chi connectivity index (χ0) is 12.5. The number of nitro benzene ring substituents is 1. The van der Waals surface area contributed by atoms with Crippen LogP contribution in [0.15, 0.2) is 15.0 Å². The average Bonchev–Trinajstić information content (AvgIpc) is 2.23. The topological polar surface area (TPSA) is 89.7 Å². The van der Waals surface area contributed by atoms with Gasteiger partial charge in [-0.25, -0.2) is 4.79 Å². The third-order valence-electron chi connectivity index (χ3n) is 1.76. The standard InChI is InChI=1S/C8H5Br2NO5/c1-16-8(13)3-2-4(9)7(12)5(10)6(3)11(14)15/h2,12H,1H3. The molecule has 0 radical (unpaired) electrons. The predicted molar refractivity (Wildman–Crippen MR) is 61.5 cm³/mol. The first-order chi connectivity index (χ1) is 7.40. The van der Waals surface area contributed by atoms with E-state index >= 15 is 0 Å². The van der Waals surface area contributed by atoms with Gasteiger partial charge in [0.25, 0.3) is 0 Å². The number of nitro groups is 1. The van der Waals surface area contributed by atoms with Gasteiger partial charge < -0.3 is 9.84 Å². The first-order valence-electron chi connectivity index (χ1n) is 3.83. The van der Waals surface area contributed by atoms with E-state index in [0.29, 0.717) is 0 Å². The van der Waals surface area contributed by atoms with Crippen molar-refractivity contribution in [3.05, 3.63) is 30.7 Å². The van der Waals surface area contributed by atoms with Crippen molar-refractivity contribution in [1.29, 1.82) is 0 Å². The van der Waals surface area contributed by atoms with Gasteiger partial charge in [0.05, 0.1) is 16.5 Å². The molecular weight excluding hydrogens is 350 g/mol. The molecule has 0 amide bonds. The number of halogens is 2. The summed E-state index contributed by atoms with van der Waals surface area (Å²) in [6.45, 7) is 0. The second kappa shape index (κ2) is 4.79. The maximum Gasteiger partial charge on any atom is 0.344 e. The van der Waals surface area contributed by atoms with Crippen LogP contribution in [0.3, 0.4) is 0 Å². The normalized spacial score (nSPS) is 9.94. The molecule has 0 bridgehead atoms. The van der Waals surface area contributed by atoms with Crippen LogP contribution in [-0.4, -0.2) is 23.1 Å². The maximum atomic E-state index is 11.3. The molecule has 0 aliphatic carbocycles. The first-order valence-corrected chi connectivity index (χ1v) is 5.42. The third kappa shape index (κ3) is 2.17. The van der Waals surface area contributed by atoms with Crippen molar-refractivity contribution in [1.82, 2.24) is 0 Å². The van der Waals surface area contributed by atoms with Gasteiger partial charge in [0.15, 0.2) is 5.75 Å². The summed E-state index contributed by atoms with van der Waals surface area (Å²) in [6.07, 6.45) is 0. The van der Waals surface area contributed by atoms with Gasteiger partial charge in [-0.3, -0.25) is 10.1 Å².